The van der Waals surface area contributed by atoms with Gasteiger partial charge in [0.05, 0.1) is 0 Å². The topological polar surface area (TPSA) is 24.7 Å². The third-order valence-electron chi connectivity index (χ3n) is 5.93. The summed E-state index contributed by atoms with van der Waals surface area (Å²) in [6, 6.07) is 28.7. The number of amidine groups is 1. The molecular formula is C27H26N2S. The van der Waals surface area contributed by atoms with Crippen molar-refractivity contribution in [2.75, 3.05) is 6.54 Å². The van der Waals surface area contributed by atoms with E-state index in [9.17, 15) is 0 Å². The largest absolute Gasteiger partial charge is 0.266 e. The second kappa shape index (κ2) is 9.01. The van der Waals surface area contributed by atoms with Crippen LogP contribution in [0, 0.1) is 5.92 Å². The number of nitrogens with zero attached hydrogens (tertiary/aromatic N) is 2. The average molecular weight is 411 g/mol. The Labute approximate surface area is 183 Å². The van der Waals surface area contributed by atoms with Gasteiger partial charge in [-0.05, 0) is 47.4 Å². The molecular weight excluding hydrogens is 384 g/mol. The summed E-state index contributed by atoms with van der Waals surface area (Å²) in [6.45, 7) is 0.839. The van der Waals surface area contributed by atoms with E-state index in [4.69, 9.17) is 0 Å². The van der Waals surface area contributed by atoms with Crippen LogP contribution in [0.3, 0.4) is 0 Å². The Morgan fingerprint density at radius 1 is 0.833 bits per heavy atom. The molecule has 0 N–H and O–H groups in total. The van der Waals surface area contributed by atoms with E-state index in [0.29, 0.717) is 0 Å². The van der Waals surface area contributed by atoms with Gasteiger partial charge in [-0.15, -0.1) is 11.8 Å². The molecule has 1 fully saturated rings. The normalized spacial score (nSPS) is 20.1. The molecule has 0 amide bonds. The highest BCUT2D eigenvalue weighted by Crippen LogP contribution is 2.49. The summed E-state index contributed by atoms with van der Waals surface area (Å²) in [4.78, 5) is 10.4. The quantitative estimate of drug-likeness (QED) is 0.406. The number of aliphatic imine (C=N–C) groups is 2. The molecule has 0 radical (unpaired) electrons. The van der Waals surface area contributed by atoms with Crippen molar-refractivity contribution >= 4 is 23.8 Å². The van der Waals surface area contributed by atoms with Crippen molar-refractivity contribution < 1.29 is 0 Å². The molecule has 30 heavy (non-hydrogen) atoms. The lowest BCUT2D eigenvalue weighted by molar-refractivity contribution is 0.795. The van der Waals surface area contributed by atoms with Gasteiger partial charge in [0.2, 0.25) is 0 Å². The van der Waals surface area contributed by atoms with Crippen LogP contribution in [0.2, 0.25) is 0 Å². The smallest absolute Gasteiger partial charge is 0.155 e. The predicted molar refractivity (Wildman–Crippen MR) is 128 cm³/mol. The van der Waals surface area contributed by atoms with Crippen molar-refractivity contribution in [3.63, 3.8) is 0 Å². The molecule has 2 atom stereocenters. The minimum Gasteiger partial charge on any atom is -0.266 e. The van der Waals surface area contributed by atoms with Crippen LogP contribution < -0.4 is 0 Å². The van der Waals surface area contributed by atoms with Gasteiger partial charge in [0, 0.05) is 35.4 Å². The number of thioether (sulfide) groups is 1. The molecule has 2 unspecified atom stereocenters. The van der Waals surface area contributed by atoms with E-state index in [1.54, 1.807) is 0 Å². The van der Waals surface area contributed by atoms with Crippen LogP contribution >= 0.6 is 11.8 Å². The maximum atomic E-state index is 4.60. The van der Waals surface area contributed by atoms with Gasteiger partial charge >= 0.3 is 0 Å². The van der Waals surface area contributed by atoms with E-state index >= 15 is 0 Å². The van der Waals surface area contributed by atoms with Gasteiger partial charge in [-0.1, -0.05) is 72.8 Å². The van der Waals surface area contributed by atoms with E-state index in [-0.39, 0.29) is 0 Å². The fraction of sp³-hybridized carbons (Fsp3) is 0.259. The van der Waals surface area contributed by atoms with Crippen LogP contribution in [0.4, 0.5) is 0 Å². The van der Waals surface area contributed by atoms with E-state index < -0.39 is 0 Å². The molecule has 1 heterocycles. The first-order valence-corrected chi connectivity index (χ1v) is 11.8. The van der Waals surface area contributed by atoms with Crippen molar-refractivity contribution in [1.29, 1.82) is 0 Å². The molecule has 2 aliphatic rings. The van der Waals surface area contributed by atoms with Crippen LogP contribution in [0.25, 0.3) is 0 Å². The maximum Gasteiger partial charge on any atom is 0.155 e. The Hall–Kier alpha value is -2.65. The van der Waals surface area contributed by atoms with E-state index in [1.807, 2.05) is 18.0 Å². The third kappa shape index (κ3) is 4.57. The van der Waals surface area contributed by atoms with E-state index in [1.165, 1.54) is 34.4 Å². The Morgan fingerprint density at radius 3 is 2.43 bits per heavy atom. The van der Waals surface area contributed by atoms with Gasteiger partial charge in [0.25, 0.3) is 0 Å². The molecule has 1 saturated carbocycles. The molecule has 0 saturated heterocycles. The zero-order valence-electron chi connectivity index (χ0n) is 17.1. The summed E-state index contributed by atoms with van der Waals surface area (Å²) in [5.74, 6) is 3.37. The highest BCUT2D eigenvalue weighted by Gasteiger charge is 2.37. The molecule has 150 valence electrons. The number of rotatable bonds is 7. The third-order valence-corrected chi connectivity index (χ3v) is 7.07. The standard InChI is InChI=1S/C27H26N2S/c1-2-7-20(8-3-1)17-23-18-25(23)22-13-11-21(12-14-22)19-30-26-10-5-4-9-24(26)27-28-15-6-16-29-27/h1-5,7-15,23,25H,6,16-19H2. The lowest BCUT2D eigenvalue weighted by atomic mass is 10.0. The van der Waals surface area contributed by atoms with Crippen LogP contribution in [-0.4, -0.2) is 18.6 Å². The van der Waals surface area contributed by atoms with Crippen LogP contribution in [-0.2, 0) is 12.2 Å². The van der Waals surface area contributed by atoms with Gasteiger partial charge in [-0.25, -0.2) is 4.99 Å². The van der Waals surface area contributed by atoms with Crippen LogP contribution in [0.15, 0.2) is 93.7 Å². The summed E-state index contributed by atoms with van der Waals surface area (Å²) >= 11 is 1.87. The first kappa shape index (κ1) is 19.3. The summed E-state index contributed by atoms with van der Waals surface area (Å²) < 4.78 is 0. The van der Waals surface area contributed by atoms with E-state index in [2.05, 4.69) is 88.8 Å². The Bertz CT molecular complexity index is 1050. The monoisotopic (exact) mass is 410 g/mol. The van der Waals surface area contributed by atoms with Crippen molar-refractivity contribution in [3.05, 3.63) is 101 Å². The molecule has 2 nitrogen and oxygen atoms in total. The van der Waals surface area contributed by atoms with Crippen LogP contribution in [0.5, 0.6) is 0 Å². The van der Waals surface area contributed by atoms with Crippen molar-refractivity contribution in [2.24, 2.45) is 15.9 Å². The number of hydrogen-bond donors (Lipinski definition) is 0. The molecule has 0 bridgehead atoms. The zero-order chi connectivity index (χ0) is 20.2. The van der Waals surface area contributed by atoms with Gasteiger partial charge in [0.15, 0.2) is 5.84 Å². The molecule has 0 aromatic heterocycles. The van der Waals surface area contributed by atoms with Gasteiger partial charge in [0.1, 0.15) is 0 Å². The molecule has 3 aromatic carbocycles. The zero-order valence-corrected chi connectivity index (χ0v) is 17.9. The summed E-state index contributed by atoms with van der Waals surface area (Å²) in [5, 5.41) is 0. The van der Waals surface area contributed by atoms with Gasteiger partial charge < -0.3 is 0 Å². The minimum absolute atomic E-state index is 0.731. The highest BCUT2D eigenvalue weighted by atomic mass is 32.2. The minimum atomic E-state index is 0.731. The Morgan fingerprint density at radius 2 is 1.63 bits per heavy atom. The van der Waals surface area contributed by atoms with Crippen LogP contribution in [0.1, 0.15) is 41.0 Å². The number of hydrogen-bond acceptors (Lipinski definition) is 3. The SMILES string of the molecule is C1=NC(c2ccccc2SCc2ccc(C3CC3Cc3ccccc3)cc2)=NCC1. The Kier molecular flexibility index (Phi) is 5.80. The van der Waals surface area contributed by atoms with E-state index in [0.717, 1.165) is 42.0 Å². The second-order valence-electron chi connectivity index (χ2n) is 8.12. The van der Waals surface area contributed by atoms with Gasteiger partial charge in [-0.3, -0.25) is 4.99 Å². The molecule has 1 aliphatic heterocycles. The molecule has 0 spiro atoms. The molecule has 1 aliphatic carbocycles. The van der Waals surface area contributed by atoms with Crippen molar-refractivity contribution in [1.82, 2.24) is 0 Å². The Balaban J connectivity index is 1.20. The summed E-state index contributed by atoms with van der Waals surface area (Å²) in [7, 11) is 0. The lowest BCUT2D eigenvalue weighted by Crippen LogP contribution is -2.06. The first-order valence-electron chi connectivity index (χ1n) is 10.8. The highest BCUT2D eigenvalue weighted by molar-refractivity contribution is 7.98. The van der Waals surface area contributed by atoms with Crippen molar-refractivity contribution in [2.45, 2.75) is 35.8 Å². The van der Waals surface area contributed by atoms with Gasteiger partial charge in [-0.2, -0.15) is 0 Å². The fourth-order valence-electron chi connectivity index (χ4n) is 4.17. The average Bonchev–Trinajstić information content (AvgIpc) is 3.58. The molecule has 3 heteroatoms. The second-order valence-corrected chi connectivity index (χ2v) is 9.14. The number of benzene rings is 3. The molecule has 3 aromatic rings. The summed E-state index contributed by atoms with van der Waals surface area (Å²) in [6.07, 6.45) is 5.44. The predicted octanol–water partition coefficient (Wildman–Crippen LogP) is 6.55. The summed E-state index contributed by atoms with van der Waals surface area (Å²) in [5.41, 5.74) is 5.48. The van der Waals surface area contributed by atoms with Crippen molar-refractivity contribution in [3.8, 4) is 0 Å². The molecule has 5 rings (SSSR count). The maximum absolute atomic E-state index is 4.60. The first-order chi connectivity index (χ1) is 14.9. The fourth-order valence-corrected chi connectivity index (χ4v) is 5.18. The lowest BCUT2D eigenvalue weighted by Gasteiger charge is -2.11.